The van der Waals surface area contributed by atoms with Crippen LogP contribution >= 0.6 is 0 Å². The molecular weight excluding hydrogens is 416 g/mol. The van der Waals surface area contributed by atoms with Gasteiger partial charge in [0.15, 0.2) is 0 Å². The number of carbonyl (C=O) groups is 2. The lowest BCUT2D eigenvalue weighted by Crippen LogP contribution is -2.22. The van der Waals surface area contributed by atoms with Crippen molar-refractivity contribution >= 4 is 22.9 Å². The molecular formula is C26H24N4O3. The number of hydrogen-bond acceptors (Lipinski definition) is 5. The molecule has 0 saturated heterocycles. The maximum atomic E-state index is 12.7. The maximum Gasteiger partial charge on any atom is 0.303 e. The van der Waals surface area contributed by atoms with Crippen LogP contribution in [0.5, 0.6) is 0 Å². The van der Waals surface area contributed by atoms with E-state index in [0.29, 0.717) is 42.4 Å². The first-order chi connectivity index (χ1) is 16.1. The summed E-state index contributed by atoms with van der Waals surface area (Å²) in [6.45, 7) is 0.387. The number of benzene rings is 2. The Bertz CT molecular complexity index is 1260. The highest BCUT2D eigenvalue weighted by atomic mass is 16.4. The molecule has 33 heavy (non-hydrogen) atoms. The van der Waals surface area contributed by atoms with Crippen LogP contribution in [-0.4, -0.2) is 31.9 Å². The van der Waals surface area contributed by atoms with E-state index in [1.54, 1.807) is 24.5 Å². The van der Waals surface area contributed by atoms with Crippen molar-refractivity contribution in [3.63, 3.8) is 0 Å². The first-order valence-electron chi connectivity index (χ1n) is 10.8. The topological polar surface area (TPSA) is 105 Å². The minimum Gasteiger partial charge on any atom is -0.481 e. The predicted octanol–water partition coefficient (Wildman–Crippen LogP) is 4.42. The van der Waals surface area contributed by atoms with Crippen LogP contribution < -0.4 is 5.32 Å². The summed E-state index contributed by atoms with van der Waals surface area (Å²) in [4.78, 5) is 37.2. The van der Waals surface area contributed by atoms with E-state index in [-0.39, 0.29) is 12.3 Å². The van der Waals surface area contributed by atoms with Crippen molar-refractivity contribution in [2.45, 2.75) is 32.2 Å². The summed E-state index contributed by atoms with van der Waals surface area (Å²) in [5.74, 6) is -0.998. The summed E-state index contributed by atoms with van der Waals surface area (Å²) in [6.07, 6.45) is 5.41. The van der Waals surface area contributed by atoms with E-state index in [1.165, 1.54) is 0 Å². The second-order valence-electron chi connectivity index (χ2n) is 7.73. The van der Waals surface area contributed by atoms with Crippen molar-refractivity contribution in [2.75, 3.05) is 0 Å². The van der Waals surface area contributed by atoms with Gasteiger partial charge in [-0.05, 0) is 49.1 Å². The normalized spacial score (nSPS) is 10.8. The predicted molar refractivity (Wildman–Crippen MR) is 126 cm³/mol. The molecule has 0 radical (unpaired) electrons. The Morgan fingerprint density at radius 1 is 0.909 bits per heavy atom. The van der Waals surface area contributed by atoms with Crippen LogP contribution in [0.25, 0.3) is 22.3 Å². The average molecular weight is 441 g/mol. The van der Waals surface area contributed by atoms with Crippen molar-refractivity contribution in [1.29, 1.82) is 0 Å². The molecule has 1 amide bonds. The molecule has 7 nitrogen and oxygen atoms in total. The fraction of sp³-hybridized carbons (Fsp3) is 0.192. The van der Waals surface area contributed by atoms with Gasteiger partial charge >= 0.3 is 5.97 Å². The highest BCUT2D eigenvalue weighted by Crippen LogP contribution is 2.25. The van der Waals surface area contributed by atoms with Gasteiger partial charge in [0.05, 0.1) is 22.4 Å². The van der Waals surface area contributed by atoms with Crippen molar-refractivity contribution in [1.82, 2.24) is 20.3 Å². The van der Waals surface area contributed by atoms with Gasteiger partial charge in [0.2, 0.25) is 0 Å². The molecule has 0 atom stereocenters. The molecule has 2 aromatic heterocycles. The van der Waals surface area contributed by atoms with Gasteiger partial charge < -0.3 is 10.4 Å². The fourth-order valence-corrected chi connectivity index (χ4v) is 3.59. The van der Waals surface area contributed by atoms with Gasteiger partial charge in [-0.15, -0.1) is 0 Å². The van der Waals surface area contributed by atoms with Crippen LogP contribution in [0.15, 0.2) is 73.1 Å². The van der Waals surface area contributed by atoms with Crippen LogP contribution in [-0.2, 0) is 17.8 Å². The SMILES string of the molecule is O=C(O)CCCCc1nc2cc(C(=O)NCc3cccnc3)ccc2nc1-c1ccccc1. The number of aromatic nitrogens is 3. The maximum absolute atomic E-state index is 12.7. The third kappa shape index (κ3) is 5.77. The molecule has 4 rings (SSSR count). The zero-order valence-corrected chi connectivity index (χ0v) is 18.1. The quantitative estimate of drug-likeness (QED) is 0.373. The third-order valence-electron chi connectivity index (χ3n) is 5.28. The number of carbonyl (C=O) groups excluding carboxylic acids is 1. The number of pyridine rings is 1. The van der Waals surface area contributed by atoms with Gasteiger partial charge in [0.25, 0.3) is 5.91 Å². The first kappa shape index (κ1) is 22.1. The largest absolute Gasteiger partial charge is 0.481 e. The molecule has 2 heterocycles. The van der Waals surface area contributed by atoms with E-state index >= 15 is 0 Å². The van der Waals surface area contributed by atoms with E-state index in [2.05, 4.69) is 10.3 Å². The number of aliphatic carboxylic acids is 1. The van der Waals surface area contributed by atoms with Gasteiger partial charge in [0, 0.05) is 36.5 Å². The highest BCUT2D eigenvalue weighted by molar-refractivity contribution is 5.97. The number of unbranched alkanes of at least 4 members (excludes halogenated alkanes) is 1. The molecule has 4 aromatic rings. The van der Waals surface area contributed by atoms with E-state index in [1.807, 2.05) is 48.5 Å². The van der Waals surface area contributed by atoms with Crippen LogP contribution in [0.1, 0.15) is 40.9 Å². The zero-order chi connectivity index (χ0) is 23.0. The number of fused-ring (bicyclic) bond motifs is 1. The van der Waals surface area contributed by atoms with E-state index in [0.717, 1.165) is 22.5 Å². The van der Waals surface area contributed by atoms with E-state index in [9.17, 15) is 9.59 Å². The highest BCUT2D eigenvalue weighted by Gasteiger charge is 2.13. The standard InChI is InChI=1S/C26H24N4O3/c31-24(32)11-5-4-10-22-25(19-8-2-1-3-9-19)30-21-13-12-20(15-23(21)29-22)26(33)28-17-18-7-6-14-27-16-18/h1-3,6-9,12-16H,4-5,10-11,17H2,(H,28,33)(H,31,32). The molecule has 0 aliphatic carbocycles. The van der Waals surface area contributed by atoms with E-state index in [4.69, 9.17) is 15.1 Å². The average Bonchev–Trinajstić information content (AvgIpc) is 2.85. The Labute approximate surface area is 191 Å². The van der Waals surface area contributed by atoms with Gasteiger partial charge in [-0.1, -0.05) is 36.4 Å². The molecule has 2 aromatic carbocycles. The summed E-state index contributed by atoms with van der Waals surface area (Å²) in [6, 6.07) is 18.8. The van der Waals surface area contributed by atoms with Gasteiger partial charge in [-0.2, -0.15) is 0 Å². The number of carboxylic acids is 1. The summed E-state index contributed by atoms with van der Waals surface area (Å²) in [7, 11) is 0. The minimum atomic E-state index is -0.801. The second-order valence-corrected chi connectivity index (χ2v) is 7.73. The van der Waals surface area contributed by atoms with Crippen molar-refractivity contribution in [3.05, 3.63) is 89.9 Å². The Morgan fingerprint density at radius 2 is 1.76 bits per heavy atom. The molecule has 0 spiro atoms. The lowest BCUT2D eigenvalue weighted by atomic mass is 10.0. The summed E-state index contributed by atoms with van der Waals surface area (Å²) >= 11 is 0. The number of nitrogens with zero attached hydrogens (tertiary/aromatic N) is 3. The molecule has 0 aliphatic rings. The number of amides is 1. The molecule has 0 bridgehead atoms. The minimum absolute atomic E-state index is 0.128. The van der Waals surface area contributed by atoms with Crippen LogP contribution in [0.4, 0.5) is 0 Å². The Kier molecular flexibility index (Phi) is 6.99. The molecule has 7 heteroatoms. The number of nitrogens with one attached hydrogen (secondary N) is 1. The van der Waals surface area contributed by atoms with Crippen molar-refractivity contribution in [3.8, 4) is 11.3 Å². The van der Waals surface area contributed by atoms with Crippen LogP contribution in [0, 0.1) is 0 Å². The molecule has 0 unspecified atom stereocenters. The summed E-state index contributed by atoms with van der Waals surface area (Å²) in [5.41, 5.74) is 5.30. The number of aryl methyl sites for hydroxylation is 1. The lowest BCUT2D eigenvalue weighted by Gasteiger charge is -2.11. The second kappa shape index (κ2) is 10.5. The molecule has 0 saturated carbocycles. The van der Waals surface area contributed by atoms with E-state index < -0.39 is 5.97 Å². The van der Waals surface area contributed by atoms with Crippen LogP contribution in [0.2, 0.25) is 0 Å². The Balaban J connectivity index is 1.60. The first-order valence-corrected chi connectivity index (χ1v) is 10.8. The number of hydrogen-bond donors (Lipinski definition) is 2. The van der Waals surface area contributed by atoms with Gasteiger partial charge in [-0.25, -0.2) is 9.97 Å². The van der Waals surface area contributed by atoms with Gasteiger partial charge in [0.1, 0.15) is 0 Å². The van der Waals surface area contributed by atoms with Crippen molar-refractivity contribution in [2.24, 2.45) is 0 Å². The van der Waals surface area contributed by atoms with Crippen molar-refractivity contribution < 1.29 is 14.7 Å². The molecule has 2 N–H and O–H groups in total. The third-order valence-corrected chi connectivity index (χ3v) is 5.28. The fourth-order valence-electron chi connectivity index (χ4n) is 3.59. The Morgan fingerprint density at radius 3 is 2.52 bits per heavy atom. The Hall–Kier alpha value is -4.13. The molecule has 0 aliphatic heterocycles. The summed E-state index contributed by atoms with van der Waals surface area (Å²) < 4.78 is 0. The summed E-state index contributed by atoms with van der Waals surface area (Å²) in [5, 5.41) is 11.8. The zero-order valence-electron chi connectivity index (χ0n) is 18.1. The molecule has 166 valence electrons. The number of carboxylic acid groups (broad SMARTS) is 1. The van der Waals surface area contributed by atoms with Crippen LogP contribution in [0.3, 0.4) is 0 Å². The van der Waals surface area contributed by atoms with Gasteiger partial charge in [-0.3, -0.25) is 14.6 Å². The monoisotopic (exact) mass is 440 g/mol. The lowest BCUT2D eigenvalue weighted by molar-refractivity contribution is -0.137. The number of rotatable bonds is 9. The molecule has 0 fully saturated rings. The smallest absolute Gasteiger partial charge is 0.303 e.